The highest BCUT2D eigenvalue weighted by atomic mass is 15.5. The van der Waals surface area contributed by atoms with E-state index in [-0.39, 0.29) is 10.8 Å². The van der Waals surface area contributed by atoms with Gasteiger partial charge in [0.05, 0.1) is 22.4 Å². The summed E-state index contributed by atoms with van der Waals surface area (Å²) in [5.74, 6) is 0.950. The van der Waals surface area contributed by atoms with Gasteiger partial charge < -0.3 is 0 Å². The number of fused-ring (bicyclic) bond motifs is 2. The van der Waals surface area contributed by atoms with Crippen LogP contribution in [-0.4, -0.2) is 41.7 Å². The zero-order chi connectivity index (χ0) is 29.5. The number of hydrogen-bond donors (Lipinski definition) is 0. The van der Waals surface area contributed by atoms with Gasteiger partial charge in [-0.25, -0.2) is 9.98 Å². The first-order chi connectivity index (χ1) is 20.1. The zero-order valence-corrected chi connectivity index (χ0v) is 24.8. The van der Waals surface area contributed by atoms with Gasteiger partial charge >= 0.3 is 0 Å². The van der Waals surface area contributed by atoms with Crippen molar-refractivity contribution in [3.63, 3.8) is 0 Å². The number of hydrogen-bond acceptors (Lipinski definition) is 6. The number of nitrogens with zero attached hydrogens (tertiary/aromatic N) is 8. The number of aliphatic imine (C=N–C) groups is 2. The number of rotatable bonds is 2. The highest BCUT2D eigenvalue weighted by Gasteiger charge is 2.23. The van der Waals surface area contributed by atoms with E-state index in [9.17, 15) is 0 Å². The van der Waals surface area contributed by atoms with E-state index < -0.39 is 0 Å². The Balaban J connectivity index is 1.61. The van der Waals surface area contributed by atoms with Gasteiger partial charge in [0, 0.05) is 0 Å². The first kappa shape index (κ1) is 27.2. The zero-order valence-electron chi connectivity index (χ0n) is 24.8. The topological polar surface area (TPSA) is 86.1 Å². The van der Waals surface area contributed by atoms with Crippen molar-refractivity contribution < 1.29 is 0 Å². The second-order valence-electron chi connectivity index (χ2n) is 12.4. The second-order valence-corrected chi connectivity index (χ2v) is 12.4. The molecule has 6 rings (SSSR count). The lowest BCUT2D eigenvalue weighted by molar-refractivity contribution is 0.590. The van der Waals surface area contributed by atoms with Crippen LogP contribution in [0.3, 0.4) is 0 Å². The van der Waals surface area contributed by atoms with Crippen LogP contribution >= 0.6 is 0 Å². The molecule has 0 bridgehead atoms. The summed E-state index contributed by atoms with van der Waals surface area (Å²) in [5.41, 5.74) is 7.16. The summed E-state index contributed by atoms with van der Waals surface area (Å²) in [5, 5.41) is 17.9. The fourth-order valence-corrected chi connectivity index (χ4v) is 4.75. The third-order valence-electron chi connectivity index (χ3n) is 7.24. The Bertz CT molecular complexity index is 1780. The summed E-state index contributed by atoms with van der Waals surface area (Å²) in [6, 6.07) is 32.2. The van der Waals surface area contributed by atoms with Crippen molar-refractivity contribution >= 4 is 45.1 Å². The van der Waals surface area contributed by atoms with E-state index in [1.807, 2.05) is 72.8 Å². The van der Waals surface area contributed by atoms with E-state index in [1.165, 1.54) is 11.1 Å². The standard InChI is InChI=1S/C34H34N8/c1-33(2,3)23-15-19-25(20-16-23)35-31(41-29-13-9-7-11-27(29)37-39-41)32(42-30-14-10-8-12-28(30)38-40-42)36-26-21-17-24(18-22-26)34(4,5)6/h7-22H,1-6H3. The molecule has 0 saturated heterocycles. The average molecular weight is 555 g/mol. The maximum Gasteiger partial charge on any atom is 0.201 e. The van der Waals surface area contributed by atoms with Crippen molar-refractivity contribution in [3.8, 4) is 0 Å². The van der Waals surface area contributed by atoms with Crippen molar-refractivity contribution in [1.29, 1.82) is 0 Å². The molecule has 0 fully saturated rings. The lowest BCUT2D eigenvalue weighted by Gasteiger charge is -2.19. The van der Waals surface area contributed by atoms with E-state index >= 15 is 0 Å². The summed E-state index contributed by atoms with van der Waals surface area (Å²) in [6.07, 6.45) is 0. The van der Waals surface area contributed by atoms with E-state index in [0.717, 1.165) is 33.4 Å². The Morgan fingerprint density at radius 1 is 0.500 bits per heavy atom. The largest absolute Gasteiger partial charge is 0.226 e. The molecule has 0 unspecified atom stereocenters. The fraction of sp³-hybridized carbons (Fsp3) is 0.235. The number of para-hydroxylation sites is 2. The molecule has 0 amide bonds. The Morgan fingerprint density at radius 2 is 0.857 bits per heavy atom. The van der Waals surface area contributed by atoms with E-state index in [1.54, 1.807) is 9.36 Å². The average Bonchev–Trinajstić information content (AvgIpc) is 3.59. The third kappa shape index (κ3) is 5.35. The monoisotopic (exact) mass is 554 g/mol. The minimum absolute atomic E-state index is 0.0265. The number of aromatic nitrogens is 6. The molecule has 4 aromatic carbocycles. The van der Waals surface area contributed by atoms with E-state index in [2.05, 4.69) is 86.4 Å². The highest BCUT2D eigenvalue weighted by Crippen LogP contribution is 2.27. The van der Waals surface area contributed by atoms with Gasteiger partial charge in [-0.2, -0.15) is 9.36 Å². The molecule has 210 valence electrons. The minimum atomic E-state index is 0.0265. The van der Waals surface area contributed by atoms with Gasteiger partial charge in [0.1, 0.15) is 11.0 Å². The quantitative estimate of drug-likeness (QED) is 0.163. The predicted molar refractivity (Wildman–Crippen MR) is 170 cm³/mol. The fourth-order valence-electron chi connectivity index (χ4n) is 4.75. The third-order valence-corrected chi connectivity index (χ3v) is 7.24. The van der Waals surface area contributed by atoms with Gasteiger partial charge in [-0.05, 0) is 70.5 Å². The molecule has 0 saturated carbocycles. The van der Waals surface area contributed by atoms with E-state index in [4.69, 9.17) is 9.98 Å². The van der Waals surface area contributed by atoms with Gasteiger partial charge in [0.25, 0.3) is 0 Å². The van der Waals surface area contributed by atoms with Gasteiger partial charge in [0.15, 0.2) is 0 Å². The summed E-state index contributed by atoms with van der Waals surface area (Å²) >= 11 is 0. The summed E-state index contributed by atoms with van der Waals surface area (Å²) in [4.78, 5) is 10.3. The molecule has 6 aromatic rings. The van der Waals surface area contributed by atoms with Crippen LogP contribution in [-0.2, 0) is 10.8 Å². The molecule has 8 nitrogen and oxygen atoms in total. The molecule has 2 aromatic heterocycles. The summed E-state index contributed by atoms with van der Waals surface area (Å²) in [7, 11) is 0. The lowest BCUT2D eigenvalue weighted by Crippen LogP contribution is -2.31. The smallest absolute Gasteiger partial charge is 0.201 e. The maximum atomic E-state index is 5.15. The molecule has 0 aliphatic carbocycles. The molecule has 0 N–H and O–H groups in total. The van der Waals surface area contributed by atoms with Crippen LogP contribution in [0.15, 0.2) is 107 Å². The molecule has 0 aliphatic rings. The molecular formula is C34H34N8. The van der Waals surface area contributed by atoms with Crippen molar-refractivity contribution in [2.75, 3.05) is 0 Å². The van der Waals surface area contributed by atoms with Crippen LogP contribution in [0.5, 0.6) is 0 Å². The van der Waals surface area contributed by atoms with E-state index in [0.29, 0.717) is 11.7 Å². The van der Waals surface area contributed by atoms with Crippen LogP contribution in [0, 0.1) is 0 Å². The molecular weight excluding hydrogens is 520 g/mol. The second kappa shape index (κ2) is 10.4. The highest BCUT2D eigenvalue weighted by molar-refractivity contribution is 6.43. The Morgan fingerprint density at radius 3 is 1.21 bits per heavy atom. The van der Waals surface area contributed by atoms with Gasteiger partial charge in [-0.15, -0.1) is 10.2 Å². The normalized spacial score (nSPS) is 13.3. The molecule has 0 spiro atoms. The van der Waals surface area contributed by atoms with Crippen LogP contribution in [0.25, 0.3) is 22.1 Å². The Hall–Kier alpha value is -4.98. The first-order valence-electron chi connectivity index (χ1n) is 14.1. The van der Waals surface area contributed by atoms with Crippen molar-refractivity contribution in [2.24, 2.45) is 9.98 Å². The first-order valence-corrected chi connectivity index (χ1v) is 14.1. The molecule has 0 aliphatic heterocycles. The van der Waals surface area contributed by atoms with Crippen LogP contribution in [0.1, 0.15) is 52.7 Å². The van der Waals surface area contributed by atoms with Crippen molar-refractivity contribution in [2.45, 2.75) is 52.4 Å². The lowest BCUT2D eigenvalue weighted by atomic mass is 9.87. The van der Waals surface area contributed by atoms with Gasteiger partial charge in [0.2, 0.25) is 11.7 Å². The molecule has 42 heavy (non-hydrogen) atoms. The maximum absolute atomic E-state index is 5.15. The molecule has 0 atom stereocenters. The number of benzene rings is 4. The molecule has 0 radical (unpaired) electrons. The minimum Gasteiger partial charge on any atom is -0.226 e. The van der Waals surface area contributed by atoms with Gasteiger partial charge in [-0.3, -0.25) is 0 Å². The summed E-state index contributed by atoms with van der Waals surface area (Å²) in [6.45, 7) is 13.2. The van der Waals surface area contributed by atoms with Crippen LogP contribution in [0.2, 0.25) is 0 Å². The molecule has 8 heteroatoms. The Kier molecular flexibility index (Phi) is 6.77. The Labute approximate surface area is 245 Å². The van der Waals surface area contributed by atoms with Crippen LogP contribution in [0.4, 0.5) is 11.4 Å². The van der Waals surface area contributed by atoms with Crippen molar-refractivity contribution in [3.05, 3.63) is 108 Å². The van der Waals surface area contributed by atoms with Gasteiger partial charge in [-0.1, -0.05) is 101 Å². The van der Waals surface area contributed by atoms with Crippen molar-refractivity contribution in [1.82, 2.24) is 30.0 Å². The summed E-state index contributed by atoms with van der Waals surface area (Å²) < 4.78 is 3.46. The molecule has 2 heterocycles. The van der Waals surface area contributed by atoms with Crippen LogP contribution < -0.4 is 0 Å². The predicted octanol–water partition coefficient (Wildman–Crippen LogP) is 7.63. The SMILES string of the molecule is CC(C)(C)c1ccc(N=C(C(=Nc2ccc(C(C)(C)C)cc2)n2nnc3ccccc32)n2nnc3ccccc32)cc1.